The van der Waals surface area contributed by atoms with Gasteiger partial charge < -0.3 is 10.2 Å². The third-order valence-electron chi connectivity index (χ3n) is 4.47. The van der Waals surface area contributed by atoms with Gasteiger partial charge in [-0.2, -0.15) is 0 Å². The molecule has 1 amide bonds. The van der Waals surface area contributed by atoms with Crippen LogP contribution in [0.4, 0.5) is 0 Å². The summed E-state index contributed by atoms with van der Waals surface area (Å²) in [6, 6.07) is 8.40. The largest absolute Gasteiger partial charge is 0.341 e. The van der Waals surface area contributed by atoms with Gasteiger partial charge in [0.2, 0.25) is 5.91 Å². The number of nitrogens with one attached hydrogen (secondary N) is 1. The Bertz CT molecular complexity index is 464. The van der Waals surface area contributed by atoms with Crippen molar-refractivity contribution in [3.63, 3.8) is 0 Å². The first-order valence-corrected chi connectivity index (χ1v) is 7.33. The van der Waals surface area contributed by atoms with Crippen LogP contribution >= 0.6 is 0 Å². The standard InChI is InChI=1S/C16H22N2O/c1-12-6-8-18(9-7-12)16(19)15-10-13-4-2-3-5-14(13)11-17-15/h2-5,12,15,17H,6-11H2,1H3. The topological polar surface area (TPSA) is 32.3 Å². The van der Waals surface area contributed by atoms with Crippen molar-refractivity contribution < 1.29 is 4.79 Å². The highest BCUT2D eigenvalue weighted by Gasteiger charge is 2.29. The SMILES string of the molecule is CC1CCN(C(=O)C2Cc3ccccc3CN2)CC1. The van der Waals surface area contributed by atoms with E-state index in [4.69, 9.17) is 0 Å². The van der Waals surface area contributed by atoms with Gasteiger partial charge in [-0.3, -0.25) is 4.79 Å². The predicted octanol–water partition coefficient (Wildman–Crippen LogP) is 1.96. The number of nitrogens with zero attached hydrogens (tertiary/aromatic N) is 1. The maximum atomic E-state index is 12.5. The molecule has 3 rings (SSSR count). The van der Waals surface area contributed by atoms with E-state index in [1.165, 1.54) is 11.1 Å². The van der Waals surface area contributed by atoms with E-state index in [0.29, 0.717) is 5.91 Å². The molecule has 2 heterocycles. The van der Waals surface area contributed by atoms with Gasteiger partial charge in [0.05, 0.1) is 6.04 Å². The van der Waals surface area contributed by atoms with Crippen LogP contribution < -0.4 is 5.32 Å². The van der Waals surface area contributed by atoms with Gasteiger partial charge in [0.1, 0.15) is 0 Å². The fourth-order valence-corrected chi connectivity index (χ4v) is 3.08. The molecule has 2 aliphatic heterocycles. The minimum Gasteiger partial charge on any atom is -0.341 e. The van der Waals surface area contributed by atoms with Crippen LogP contribution in [-0.2, 0) is 17.8 Å². The Balaban J connectivity index is 1.66. The first-order valence-electron chi connectivity index (χ1n) is 7.33. The van der Waals surface area contributed by atoms with Crippen molar-refractivity contribution in [1.29, 1.82) is 0 Å². The highest BCUT2D eigenvalue weighted by atomic mass is 16.2. The van der Waals surface area contributed by atoms with Crippen LogP contribution in [0.3, 0.4) is 0 Å². The molecule has 0 aromatic heterocycles. The van der Waals surface area contributed by atoms with E-state index in [9.17, 15) is 4.79 Å². The van der Waals surface area contributed by atoms with Crippen LogP contribution in [0.25, 0.3) is 0 Å². The van der Waals surface area contributed by atoms with Crippen molar-refractivity contribution in [2.45, 2.75) is 38.8 Å². The van der Waals surface area contributed by atoms with Gasteiger partial charge in [-0.1, -0.05) is 31.2 Å². The molecule has 3 heteroatoms. The molecule has 102 valence electrons. The summed E-state index contributed by atoms with van der Waals surface area (Å²) in [6.07, 6.45) is 3.13. The Kier molecular flexibility index (Phi) is 3.56. The van der Waals surface area contributed by atoms with Gasteiger partial charge in [-0.05, 0) is 36.3 Å². The lowest BCUT2D eigenvalue weighted by Crippen LogP contribution is -2.51. The highest BCUT2D eigenvalue weighted by molar-refractivity contribution is 5.82. The molecule has 2 aliphatic rings. The van der Waals surface area contributed by atoms with Crippen molar-refractivity contribution in [2.24, 2.45) is 5.92 Å². The van der Waals surface area contributed by atoms with E-state index in [1.807, 2.05) is 4.90 Å². The smallest absolute Gasteiger partial charge is 0.240 e. The van der Waals surface area contributed by atoms with E-state index in [2.05, 4.69) is 36.5 Å². The van der Waals surface area contributed by atoms with Crippen molar-refractivity contribution in [3.8, 4) is 0 Å². The minimum atomic E-state index is -0.0247. The van der Waals surface area contributed by atoms with Crippen LogP contribution in [-0.4, -0.2) is 29.9 Å². The van der Waals surface area contributed by atoms with Gasteiger partial charge in [-0.25, -0.2) is 0 Å². The zero-order valence-corrected chi connectivity index (χ0v) is 11.6. The summed E-state index contributed by atoms with van der Waals surface area (Å²) < 4.78 is 0. The van der Waals surface area contributed by atoms with Gasteiger partial charge in [-0.15, -0.1) is 0 Å². The fraction of sp³-hybridized carbons (Fsp3) is 0.562. The molecular formula is C16H22N2O. The average Bonchev–Trinajstić information content (AvgIpc) is 2.47. The summed E-state index contributed by atoms with van der Waals surface area (Å²) in [5.74, 6) is 1.06. The lowest BCUT2D eigenvalue weighted by molar-refractivity contribution is -0.135. The number of carbonyl (C=O) groups is 1. The molecular weight excluding hydrogens is 236 g/mol. The van der Waals surface area contributed by atoms with Crippen LogP contribution in [0.1, 0.15) is 30.9 Å². The number of amides is 1. The second-order valence-electron chi connectivity index (χ2n) is 5.91. The Hall–Kier alpha value is -1.35. The van der Waals surface area contributed by atoms with Crippen molar-refractivity contribution >= 4 is 5.91 Å². The number of hydrogen-bond donors (Lipinski definition) is 1. The first-order chi connectivity index (χ1) is 9.24. The van der Waals surface area contributed by atoms with E-state index < -0.39 is 0 Å². The average molecular weight is 258 g/mol. The normalized spacial score (nSPS) is 24.1. The Labute approximate surface area is 115 Å². The number of likely N-dealkylation sites (tertiary alicyclic amines) is 1. The summed E-state index contributed by atoms with van der Waals surface area (Å²) in [5.41, 5.74) is 2.66. The van der Waals surface area contributed by atoms with Crippen molar-refractivity contribution in [3.05, 3.63) is 35.4 Å². The highest BCUT2D eigenvalue weighted by Crippen LogP contribution is 2.20. The van der Waals surface area contributed by atoms with E-state index in [1.54, 1.807) is 0 Å². The van der Waals surface area contributed by atoms with Gasteiger partial charge >= 0.3 is 0 Å². The first kappa shape index (κ1) is 12.7. The van der Waals surface area contributed by atoms with E-state index >= 15 is 0 Å². The van der Waals surface area contributed by atoms with Crippen LogP contribution in [0.15, 0.2) is 24.3 Å². The molecule has 0 saturated carbocycles. The zero-order valence-electron chi connectivity index (χ0n) is 11.6. The molecule has 1 aromatic rings. The molecule has 1 fully saturated rings. The molecule has 0 aliphatic carbocycles. The lowest BCUT2D eigenvalue weighted by atomic mass is 9.93. The second-order valence-corrected chi connectivity index (χ2v) is 5.91. The van der Waals surface area contributed by atoms with Crippen molar-refractivity contribution in [1.82, 2.24) is 10.2 Å². The fourth-order valence-electron chi connectivity index (χ4n) is 3.08. The van der Waals surface area contributed by atoms with E-state index in [-0.39, 0.29) is 6.04 Å². The third-order valence-corrected chi connectivity index (χ3v) is 4.47. The maximum Gasteiger partial charge on any atom is 0.240 e. The summed E-state index contributed by atoms with van der Waals surface area (Å²) in [6.45, 7) is 4.95. The van der Waals surface area contributed by atoms with Gasteiger partial charge in [0.15, 0.2) is 0 Å². The lowest BCUT2D eigenvalue weighted by Gasteiger charge is -2.35. The molecule has 1 unspecified atom stereocenters. The van der Waals surface area contributed by atoms with E-state index in [0.717, 1.165) is 44.8 Å². The summed E-state index contributed by atoms with van der Waals surface area (Å²) in [4.78, 5) is 14.6. The number of piperidine rings is 1. The minimum absolute atomic E-state index is 0.0247. The van der Waals surface area contributed by atoms with Crippen molar-refractivity contribution in [2.75, 3.05) is 13.1 Å². The molecule has 1 saturated heterocycles. The number of rotatable bonds is 1. The molecule has 1 aromatic carbocycles. The maximum absolute atomic E-state index is 12.5. The van der Waals surface area contributed by atoms with Crippen LogP contribution in [0.2, 0.25) is 0 Å². The number of benzene rings is 1. The second kappa shape index (κ2) is 5.33. The summed E-state index contributed by atoms with van der Waals surface area (Å²) >= 11 is 0. The molecule has 0 bridgehead atoms. The predicted molar refractivity (Wildman–Crippen MR) is 75.8 cm³/mol. The Morgan fingerprint density at radius 2 is 1.89 bits per heavy atom. The summed E-state index contributed by atoms with van der Waals surface area (Å²) in [7, 11) is 0. The molecule has 1 N–H and O–H groups in total. The Morgan fingerprint density at radius 3 is 2.63 bits per heavy atom. The van der Waals surface area contributed by atoms with Gasteiger partial charge in [0, 0.05) is 19.6 Å². The number of carbonyl (C=O) groups excluding carboxylic acids is 1. The number of fused-ring (bicyclic) bond motifs is 1. The zero-order chi connectivity index (χ0) is 13.2. The van der Waals surface area contributed by atoms with Crippen LogP contribution in [0.5, 0.6) is 0 Å². The Morgan fingerprint density at radius 1 is 1.21 bits per heavy atom. The number of hydrogen-bond acceptors (Lipinski definition) is 2. The third kappa shape index (κ3) is 2.66. The molecule has 19 heavy (non-hydrogen) atoms. The van der Waals surface area contributed by atoms with Gasteiger partial charge in [0.25, 0.3) is 0 Å². The summed E-state index contributed by atoms with van der Waals surface area (Å²) in [5, 5.41) is 3.39. The monoisotopic (exact) mass is 258 g/mol. The molecule has 0 spiro atoms. The molecule has 0 radical (unpaired) electrons. The molecule has 1 atom stereocenters. The quantitative estimate of drug-likeness (QED) is 0.835. The molecule has 3 nitrogen and oxygen atoms in total. The van der Waals surface area contributed by atoms with Crippen LogP contribution in [0, 0.1) is 5.92 Å².